The average molecular weight is 207 g/mol. The predicted octanol–water partition coefficient (Wildman–Crippen LogP) is 1.44. The number of hydrogen-bond acceptors (Lipinski definition) is 4. The van der Waals surface area contributed by atoms with E-state index in [-0.39, 0.29) is 5.56 Å². The van der Waals surface area contributed by atoms with Crippen molar-refractivity contribution < 1.29 is 0 Å². The molecule has 2 N–H and O–H groups in total. The average Bonchev–Trinajstić information content (AvgIpc) is 2.69. The monoisotopic (exact) mass is 207 g/mol. The van der Waals surface area contributed by atoms with Gasteiger partial charge in [-0.15, -0.1) is 11.3 Å². The summed E-state index contributed by atoms with van der Waals surface area (Å²) in [6.07, 6.45) is 1.61. The minimum absolute atomic E-state index is 0.109. The zero-order valence-corrected chi connectivity index (χ0v) is 8.17. The summed E-state index contributed by atoms with van der Waals surface area (Å²) in [5.74, 6) is 0. The van der Waals surface area contributed by atoms with Gasteiger partial charge in [0.25, 0.3) is 5.56 Å². The molecule has 0 atom stereocenters. The first-order valence-electron chi connectivity index (χ1n) is 4.15. The lowest BCUT2D eigenvalue weighted by Gasteiger charge is -2.01. The van der Waals surface area contributed by atoms with Crippen LogP contribution in [0.2, 0.25) is 0 Å². The lowest BCUT2D eigenvalue weighted by atomic mass is 10.4. The Morgan fingerprint density at radius 3 is 3.21 bits per heavy atom. The summed E-state index contributed by atoms with van der Waals surface area (Å²) in [5, 5.41) is 4.96. The molecule has 0 aliphatic rings. The Bertz CT molecular complexity index is 449. The summed E-state index contributed by atoms with van der Waals surface area (Å²) in [4.78, 5) is 17.9. The van der Waals surface area contributed by atoms with Gasteiger partial charge in [-0.1, -0.05) is 0 Å². The van der Waals surface area contributed by atoms with Crippen molar-refractivity contribution in [1.29, 1.82) is 0 Å². The van der Waals surface area contributed by atoms with E-state index in [4.69, 9.17) is 0 Å². The Labute approximate surface area is 84.6 Å². The number of anilines is 1. The number of hydrogen-bond donors (Lipinski definition) is 2. The molecule has 0 amide bonds. The largest absolute Gasteiger partial charge is 0.375 e. The maximum absolute atomic E-state index is 11.2. The molecule has 0 bridgehead atoms. The van der Waals surface area contributed by atoms with Crippen molar-refractivity contribution >= 4 is 17.0 Å². The number of thiazole rings is 1. The van der Waals surface area contributed by atoms with Gasteiger partial charge in [0.05, 0.1) is 17.7 Å². The predicted molar refractivity (Wildman–Crippen MR) is 56.5 cm³/mol. The van der Waals surface area contributed by atoms with Gasteiger partial charge in [-0.2, -0.15) is 0 Å². The fraction of sp³-hybridized carbons (Fsp3) is 0.111. The van der Waals surface area contributed by atoms with Crippen molar-refractivity contribution in [3.8, 4) is 0 Å². The van der Waals surface area contributed by atoms with E-state index < -0.39 is 0 Å². The topological polar surface area (TPSA) is 57.8 Å². The molecule has 2 heterocycles. The van der Waals surface area contributed by atoms with Crippen LogP contribution >= 0.6 is 11.3 Å². The highest BCUT2D eigenvalue weighted by atomic mass is 32.1. The number of aromatic amines is 1. The molecule has 2 rings (SSSR count). The quantitative estimate of drug-likeness (QED) is 0.800. The fourth-order valence-corrected chi connectivity index (χ4v) is 1.63. The van der Waals surface area contributed by atoms with Crippen LogP contribution in [0.15, 0.2) is 34.0 Å². The Morgan fingerprint density at radius 2 is 2.50 bits per heavy atom. The van der Waals surface area contributed by atoms with Crippen molar-refractivity contribution in [3.05, 3.63) is 45.3 Å². The molecular weight excluding hydrogens is 198 g/mol. The Hall–Kier alpha value is -1.62. The molecular formula is C9H9N3OS. The highest BCUT2D eigenvalue weighted by Gasteiger charge is 1.98. The van der Waals surface area contributed by atoms with E-state index >= 15 is 0 Å². The SMILES string of the molecule is O=c1[nH]cccc1NCc1cscn1. The first-order valence-corrected chi connectivity index (χ1v) is 5.09. The third-order valence-electron chi connectivity index (χ3n) is 1.76. The Kier molecular flexibility index (Phi) is 2.60. The lowest BCUT2D eigenvalue weighted by Crippen LogP contribution is -2.12. The van der Waals surface area contributed by atoms with Crippen LogP contribution in [0.4, 0.5) is 5.69 Å². The molecule has 5 heteroatoms. The van der Waals surface area contributed by atoms with Crippen LogP contribution < -0.4 is 10.9 Å². The third kappa shape index (κ3) is 2.00. The van der Waals surface area contributed by atoms with E-state index in [1.807, 2.05) is 5.38 Å². The van der Waals surface area contributed by atoms with Crippen molar-refractivity contribution in [2.24, 2.45) is 0 Å². The first-order chi connectivity index (χ1) is 6.86. The number of rotatable bonds is 3. The zero-order valence-electron chi connectivity index (χ0n) is 7.36. The summed E-state index contributed by atoms with van der Waals surface area (Å²) >= 11 is 1.54. The fourth-order valence-electron chi connectivity index (χ4n) is 1.07. The smallest absolute Gasteiger partial charge is 0.271 e. The van der Waals surface area contributed by atoms with Crippen LogP contribution in [0.5, 0.6) is 0 Å². The van der Waals surface area contributed by atoms with Crippen molar-refractivity contribution in [2.45, 2.75) is 6.54 Å². The molecule has 2 aromatic heterocycles. The van der Waals surface area contributed by atoms with Gasteiger partial charge in [0.1, 0.15) is 5.69 Å². The minimum Gasteiger partial charge on any atom is -0.375 e. The number of aromatic nitrogens is 2. The van der Waals surface area contributed by atoms with Gasteiger partial charge < -0.3 is 10.3 Å². The molecule has 0 saturated carbocycles. The normalized spacial score (nSPS) is 10.0. The molecule has 0 fully saturated rings. The summed E-state index contributed by atoms with van der Waals surface area (Å²) in [7, 11) is 0. The minimum atomic E-state index is -0.109. The molecule has 0 unspecified atom stereocenters. The molecule has 14 heavy (non-hydrogen) atoms. The van der Waals surface area contributed by atoms with Crippen molar-refractivity contribution in [3.63, 3.8) is 0 Å². The Balaban J connectivity index is 2.06. The molecule has 0 saturated heterocycles. The van der Waals surface area contributed by atoms with Crippen molar-refractivity contribution in [1.82, 2.24) is 9.97 Å². The Morgan fingerprint density at radius 1 is 1.57 bits per heavy atom. The summed E-state index contributed by atoms with van der Waals surface area (Å²) in [5.41, 5.74) is 3.17. The molecule has 0 aliphatic carbocycles. The van der Waals surface area contributed by atoms with Crippen LogP contribution in [-0.4, -0.2) is 9.97 Å². The van der Waals surface area contributed by atoms with E-state index in [2.05, 4.69) is 15.3 Å². The highest BCUT2D eigenvalue weighted by molar-refractivity contribution is 7.07. The molecule has 2 aromatic rings. The van der Waals surface area contributed by atoms with E-state index in [0.29, 0.717) is 12.2 Å². The van der Waals surface area contributed by atoms with Gasteiger partial charge in [-0.3, -0.25) is 4.79 Å². The zero-order chi connectivity index (χ0) is 9.80. The van der Waals surface area contributed by atoms with Gasteiger partial charge in [0, 0.05) is 11.6 Å². The maximum Gasteiger partial charge on any atom is 0.271 e. The van der Waals surface area contributed by atoms with E-state index in [9.17, 15) is 4.79 Å². The third-order valence-corrected chi connectivity index (χ3v) is 2.40. The second-order valence-corrected chi connectivity index (χ2v) is 3.46. The number of pyridine rings is 1. The van der Waals surface area contributed by atoms with Crippen LogP contribution in [0.3, 0.4) is 0 Å². The van der Waals surface area contributed by atoms with E-state index in [1.165, 1.54) is 0 Å². The number of nitrogens with zero attached hydrogens (tertiary/aromatic N) is 1. The van der Waals surface area contributed by atoms with Crippen LogP contribution in [0, 0.1) is 0 Å². The molecule has 4 nitrogen and oxygen atoms in total. The highest BCUT2D eigenvalue weighted by Crippen LogP contribution is 2.03. The van der Waals surface area contributed by atoms with Crippen LogP contribution in [0.25, 0.3) is 0 Å². The van der Waals surface area contributed by atoms with Gasteiger partial charge in [0.15, 0.2) is 0 Å². The van der Waals surface area contributed by atoms with E-state index in [0.717, 1.165) is 5.69 Å². The van der Waals surface area contributed by atoms with E-state index in [1.54, 1.807) is 35.2 Å². The summed E-state index contributed by atoms with van der Waals surface area (Å²) in [6.45, 7) is 0.580. The lowest BCUT2D eigenvalue weighted by molar-refractivity contribution is 1.06. The maximum atomic E-state index is 11.2. The van der Waals surface area contributed by atoms with Gasteiger partial charge in [-0.05, 0) is 12.1 Å². The molecule has 72 valence electrons. The van der Waals surface area contributed by atoms with Crippen molar-refractivity contribution in [2.75, 3.05) is 5.32 Å². The molecule has 0 spiro atoms. The van der Waals surface area contributed by atoms with Gasteiger partial charge >= 0.3 is 0 Å². The molecule has 0 radical (unpaired) electrons. The first kappa shape index (κ1) is 8.96. The summed E-state index contributed by atoms with van der Waals surface area (Å²) < 4.78 is 0. The standard InChI is InChI=1S/C9H9N3OS/c13-9-8(2-1-3-10-9)11-4-7-5-14-6-12-7/h1-3,5-6,11H,4H2,(H,10,13). The van der Waals surface area contributed by atoms with Crippen LogP contribution in [-0.2, 0) is 6.54 Å². The second kappa shape index (κ2) is 4.06. The number of nitrogens with one attached hydrogen (secondary N) is 2. The number of H-pyrrole nitrogens is 1. The van der Waals surface area contributed by atoms with Gasteiger partial charge in [0.2, 0.25) is 0 Å². The molecule has 0 aliphatic heterocycles. The van der Waals surface area contributed by atoms with Gasteiger partial charge in [-0.25, -0.2) is 4.98 Å². The summed E-state index contributed by atoms with van der Waals surface area (Å²) in [6, 6.07) is 3.52. The molecule has 0 aromatic carbocycles. The second-order valence-electron chi connectivity index (χ2n) is 2.75. The van der Waals surface area contributed by atoms with Crippen LogP contribution in [0.1, 0.15) is 5.69 Å².